The highest BCUT2D eigenvalue weighted by molar-refractivity contribution is 6.00. The van der Waals surface area contributed by atoms with E-state index in [1.54, 1.807) is 24.5 Å². The van der Waals surface area contributed by atoms with Crippen LogP contribution in [0.3, 0.4) is 0 Å². The van der Waals surface area contributed by atoms with Crippen LogP contribution in [0.2, 0.25) is 0 Å². The number of pyridine rings is 1. The van der Waals surface area contributed by atoms with Crippen molar-refractivity contribution in [3.8, 4) is 11.3 Å². The zero-order valence-corrected chi connectivity index (χ0v) is 17.9. The summed E-state index contributed by atoms with van der Waals surface area (Å²) in [5.74, 6) is -0.458. The zero-order chi connectivity index (χ0) is 19.3. The Labute approximate surface area is 187 Å². The molecule has 0 atom stereocenters. The van der Waals surface area contributed by atoms with Gasteiger partial charge in [-0.05, 0) is 49.7 Å². The highest BCUT2D eigenvalue weighted by Crippen LogP contribution is 2.26. The van der Waals surface area contributed by atoms with E-state index in [0.29, 0.717) is 23.4 Å². The van der Waals surface area contributed by atoms with Crippen molar-refractivity contribution in [3.63, 3.8) is 0 Å². The molecule has 1 saturated heterocycles. The molecule has 1 fully saturated rings. The number of carbonyl (C=O) groups excluding carboxylic acids is 1. The van der Waals surface area contributed by atoms with Gasteiger partial charge in [-0.15, -0.1) is 24.8 Å². The van der Waals surface area contributed by atoms with Crippen molar-refractivity contribution in [2.75, 3.05) is 13.1 Å². The second kappa shape index (κ2) is 11.1. The van der Waals surface area contributed by atoms with Crippen molar-refractivity contribution in [3.05, 3.63) is 71.9 Å². The lowest BCUT2D eigenvalue weighted by molar-refractivity contribution is 0.0624. The van der Waals surface area contributed by atoms with Gasteiger partial charge < -0.3 is 10.2 Å². The molecule has 0 saturated carbocycles. The average Bonchev–Trinajstić information content (AvgIpc) is 3.23. The first-order valence-corrected chi connectivity index (χ1v) is 9.42. The van der Waals surface area contributed by atoms with Gasteiger partial charge in [0.15, 0.2) is 0 Å². The molecule has 1 aromatic carbocycles. The van der Waals surface area contributed by atoms with Gasteiger partial charge in [0.25, 0.3) is 5.91 Å². The Morgan fingerprint density at radius 1 is 1.13 bits per heavy atom. The smallest absolute Gasteiger partial charge is 0.258 e. The molecule has 160 valence electrons. The number of H-pyrrole nitrogens is 1. The monoisotopic (exact) mass is 451 g/mol. The Morgan fingerprint density at radius 2 is 1.93 bits per heavy atom. The van der Waals surface area contributed by atoms with Crippen LogP contribution in [-0.4, -0.2) is 45.1 Å². The van der Waals surface area contributed by atoms with Crippen molar-refractivity contribution in [2.24, 2.45) is 0 Å². The molecular weight excluding hydrogens is 428 g/mol. The number of nitrogens with one attached hydrogen (secondary N) is 2. The van der Waals surface area contributed by atoms with Crippen LogP contribution in [0.1, 0.15) is 28.8 Å². The van der Waals surface area contributed by atoms with E-state index in [1.807, 2.05) is 17.0 Å². The molecule has 2 N–H and O–H groups in total. The first-order chi connectivity index (χ1) is 13.7. The summed E-state index contributed by atoms with van der Waals surface area (Å²) in [5, 5.41) is 10.3. The number of amides is 1. The van der Waals surface area contributed by atoms with Gasteiger partial charge in [0, 0.05) is 30.5 Å². The van der Waals surface area contributed by atoms with Gasteiger partial charge >= 0.3 is 0 Å². The minimum Gasteiger partial charge on any atom is -0.331 e. The Balaban J connectivity index is 0.00000160. The lowest BCUT2D eigenvalue weighted by Gasteiger charge is -2.34. The van der Waals surface area contributed by atoms with Crippen LogP contribution in [0.15, 0.2) is 55.0 Å². The second-order valence-electron chi connectivity index (χ2n) is 6.94. The molecule has 0 radical (unpaired) electrons. The van der Waals surface area contributed by atoms with E-state index in [2.05, 4.69) is 20.5 Å². The van der Waals surface area contributed by atoms with Crippen molar-refractivity contribution in [2.45, 2.75) is 25.4 Å². The van der Waals surface area contributed by atoms with E-state index in [1.165, 1.54) is 18.3 Å². The lowest BCUT2D eigenvalue weighted by Crippen LogP contribution is -2.45. The molecular formula is C21H24Cl2FN5O. The van der Waals surface area contributed by atoms with Gasteiger partial charge in [0.1, 0.15) is 5.82 Å². The number of rotatable bonds is 5. The summed E-state index contributed by atoms with van der Waals surface area (Å²) in [6.07, 6.45) is 6.81. The minimum atomic E-state index is -0.351. The van der Waals surface area contributed by atoms with Crippen LogP contribution in [0.4, 0.5) is 4.39 Å². The first kappa shape index (κ1) is 23.8. The Hall–Kier alpha value is -2.48. The number of hydrogen-bond acceptors (Lipinski definition) is 4. The quantitative estimate of drug-likeness (QED) is 0.617. The molecule has 1 aliphatic rings. The van der Waals surface area contributed by atoms with Gasteiger partial charge in [-0.25, -0.2) is 4.39 Å². The van der Waals surface area contributed by atoms with E-state index in [-0.39, 0.29) is 42.6 Å². The number of hydrogen-bond donors (Lipinski definition) is 2. The molecule has 9 heteroatoms. The summed E-state index contributed by atoms with van der Waals surface area (Å²) >= 11 is 0. The fourth-order valence-corrected chi connectivity index (χ4v) is 3.64. The summed E-state index contributed by atoms with van der Waals surface area (Å²) in [7, 11) is 0. The molecule has 1 aliphatic heterocycles. The number of carbonyl (C=O) groups is 1. The maximum absolute atomic E-state index is 13.7. The van der Waals surface area contributed by atoms with E-state index in [0.717, 1.165) is 31.5 Å². The predicted octanol–water partition coefficient (Wildman–Crippen LogP) is 3.85. The Bertz CT molecular complexity index is 947. The van der Waals surface area contributed by atoms with E-state index < -0.39 is 0 Å². The molecule has 3 aromatic rings. The van der Waals surface area contributed by atoms with Gasteiger partial charge in [0.2, 0.25) is 0 Å². The molecule has 0 spiro atoms. The maximum atomic E-state index is 13.7. The molecule has 4 rings (SSSR count). The molecule has 3 heterocycles. The summed E-state index contributed by atoms with van der Waals surface area (Å²) in [6.45, 7) is 2.23. The molecule has 0 unspecified atom stereocenters. The molecule has 0 bridgehead atoms. The molecule has 6 nitrogen and oxygen atoms in total. The van der Waals surface area contributed by atoms with E-state index >= 15 is 0 Å². The minimum absolute atomic E-state index is 0. The number of aromatic amines is 1. The molecule has 2 aromatic heterocycles. The van der Waals surface area contributed by atoms with Crippen LogP contribution in [0, 0.1) is 5.82 Å². The summed E-state index contributed by atoms with van der Waals surface area (Å²) < 4.78 is 13.7. The first-order valence-electron chi connectivity index (χ1n) is 9.42. The third-order valence-corrected chi connectivity index (χ3v) is 5.07. The van der Waals surface area contributed by atoms with Gasteiger partial charge in [-0.2, -0.15) is 5.10 Å². The third-order valence-electron chi connectivity index (χ3n) is 5.07. The maximum Gasteiger partial charge on any atom is 0.258 e. The Kier molecular flexibility index (Phi) is 8.77. The Morgan fingerprint density at radius 3 is 2.63 bits per heavy atom. The summed E-state index contributed by atoms with van der Waals surface area (Å²) in [5.41, 5.74) is 2.57. The summed E-state index contributed by atoms with van der Waals surface area (Å²) in [4.78, 5) is 19.6. The third kappa shape index (κ3) is 5.36. The second-order valence-corrected chi connectivity index (χ2v) is 6.94. The van der Waals surface area contributed by atoms with Gasteiger partial charge in [0.05, 0.1) is 17.5 Å². The predicted molar refractivity (Wildman–Crippen MR) is 118 cm³/mol. The van der Waals surface area contributed by atoms with Gasteiger partial charge in [-0.3, -0.25) is 14.9 Å². The average molecular weight is 452 g/mol. The van der Waals surface area contributed by atoms with Crippen LogP contribution < -0.4 is 5.32 Å². The van der Waals surface area contributed by atoms with Crippen LogP contribution in [0.5, 0.6) is 0 Å². The van der Waals surface area contributed by atoms with Crippen molar-refractivity contribution >= 4 is 30.7 Å². The topological polar surface area (TPSA) is 73.9 Å². The van der Waals surface area contributed by atoms with Crippen molar-refractivity contribution in [1.82, 2.24) is 25.4 Å². The number of benzene rings is 1. The number of piperidine rings is 1. The molecule has 0 aliphatic carbocycles. The van der Waals surface area contributed by atoms with Crippen LogP contribution >= 0.6 is 24.8 Å². The van der Waals surface area contributed by atoms with Crippen molar-refractivity contribution in [1.29, 1.82) is 0 Å². The van der Waals surface area contributed by atoms with E-state index in [9.17, 15) is 9.18 Å². The number of halogens is 3. The fourth-order valence-electron chi connectivity index (χ4n) is 3.64. The van der Waals surface area contributed by atoms with Crippen LogP contribution in [-0.2, 0) is 6.54 Å². The van der Waals surface area contributed by atoms with E-state index in [4.69, 9.17) is 0 Å². The highest BCUT2D eigenvalue weighted by atomic mass is 35.5. The number of nitrogens with zero attached hydrogens (tertiary/aromatic N) is 3. The lowest BCUT2D eigenvalue weighted by atomic mass is 10.0. The van der Waals surface area contributed by atoms with Gasteiger partial charge in [-0.1, -0.05) is 18.2 Å². The zero-order valence-electron chi connectivity index (χ0n) is 16.3. The van der Waals surface area contributed by atoms with Crippen molar-refractivity contribution < 1.29 is 9.18 Å². The largest absolute Gasteiger partial charge is 0.331 e. The normalized spacial score (nSPS) is 13.8. The fraction of sp³-hybridized carbons (Fsp3) is 0.286. The molecule has 1 amide bonds. The SMILES string of the molecule is Cl.Cl.O=C(c1cn[nH]c1-c1cccc(F)c1)N(Cc1cccnc1)C1CCNCC1. The highest BCUT2D eigenvalue weighted by Gasteiger charge is 2.29. The number of aromatic nitrogens is 3. The summed E-state index contributed by atoms with van der Waals surface area (Å²) in [6, 6.07) is 10.1. The standard InChI is InChI=1S/C21H22FN5O.2ClH/c22-17-5-1-4-16(11-17)20-19(13-25-26-20)21(28)27(18-6-9-23-10-7-18)14-15-3-2-8-24-12-15;;/h1-5,8,11-13,18,23H,6-7,9-10,14H2,(H,25,26);2*1H. The molecule has 30 heavy (non-hydrogen) atoms. The van der Waals surface area contributed by atoms with Crippen LogP contribution in [0.25, 0.3) is 11.3 Å².